The summed E-state index contributed by atoms with van der Waals surface area (Å²) in [6.07, 6.45) is 3.09. The van der Waals surface area contributed by atoms with Gasteiger partial charge < -0.3 is 14.4 Å². The van der Waals surface area contributed by atoms with Crippen molar-refractivity contribution >= 4 is 16.6 Å². The number of benzene rings is 1. The highest BCUT2D eigenvalue weighted by Crippen LogP contribution is 2.43. The minimum Gasteiger partial charge on any atom is -0.364 e. The second kappa shape index (κ2) is 5.58. The molecule has 5 rings (SSSR count). The lowest BCUT2D eigenvalue weighted by Crippen LogP contribution is -2.34. The molecular formula is C22H26N4. The standard InChI is InChI=1S/C22H26N4/c1-14-9-17-18-12-24(3)8-6-19(18)26-13-21(16-5-7-23-15(2)11-16)25(4)20(10-14)22(17)26/h5,7,9-11,21H,6,8,12-13H2,1-4H3. The lowest BCUT2D eigenvalue weighted by atomic mass is 10.0. The van der Waals surface area contributed by atoms with Crippen LogP contribution in [0.5, 0.6) is 0 Å². The average molecular weight is 346 g/mol. The number of hydrogen-bond donors (Lipinski definition) is 0. The van der Waals surface area contributed by atoms with Crippen LogP contribution in [-0.2, 0) is 19.5 Å². The van der Waals surface area contributed by atoms with Crippen LogP contribution >= 0.6 is 0 Å². The van der Waals surface area contributed by atoms with Crippen molar-refractivity contribution in [1.29, 1.82) is 0 Å². The van der Waals surface area contributed by atoms with Gasteiger partial charge in [-0.05, 0) is 61.9 Å². The molecule has 0 aliphatic carbocycles. The molecule has 0 radical (unpaired) electrons. The largest absolute Gasteiger partial charge is 0.364 e. The summed E-state index contributed by atoms with van der Waals surface area (Å²) in [5, 5.41) is 1.46. The second-order valence-corrected chi connectivity index (χ2v) is 8.06. The van der Waals surface area contributed by atoms with E-state index >= 15 is 0 Å². The molecule has 0 saturated carbocycles. The first-order valence-electron chi connectivity index (χ1n) is 9.51. The topological polar surface area (TPSA) is 24.3 Å². The number of pyridine rings is 1. The maximum Gasteiger partial charge on any atom is 0.0724 e. The van der Waals surface area contributed by atoms with Crippen molar-refractivity contribution in [1.82, 2.24) is 14.5 Å². The number of fused-ring (bicyclic) bond motifs is 3. The van der Waals surface area contributed by atoms with Crippen LogP contribution in [0.4, 0.5) is 5.69 Å². The Hall–Kier alpha value is -2.33. The Balaban J connectivity index is 1.74. The number of hydrogen-bond acceptors (Lipinski definition) is 3. The molecule has 2 aromatic heterocycles. The summed E-state index contributed by atoms with van der Waals surface area (Å²) >= 11 is 0. The van der Waals surface area contributed by atoms with Gasteiger partial charge in [-0.1, -0.05) is 0 Å². The van der Waals surface area contributed by atoms with Crippen molar-refractivity contribution in [3.63, 3.8) is 0 Å². The molecule has 0 spiro atoms. The first-order chi connectivity index (χ1) is 12.5. The van der Waals surface area contributed by atoms with Crippen LogP contribution in [0.3, 0.4) is 0 Å². The normalized spacial score (nSPS) is 19.8. The van der Waals surface area contributed by atoms with Gasteiger partial charge in [-0.15, -0.1) is 0 Å². The molecule has 3 aromatic rings. The summed E-state index contributed by atoms with van der Waals surface area (Å²) in [4.78, 5) is 9.31. The molecule has 1 aromatic carbocycles. The lowest BCUT2D eigenvalue weighted by molar-refractivity contribution is 0.308. The van der Waals surface area contributed by atoms with Crippen molar-refractivity contribution in [2.24, 2.45) is 0 Å². The molecule has 0 bridgehead atoms. The monoisotopic (exact) mass is 346 g/mol. The van der Waals surface area contributed by atoms with Gasteiger partial charge in [-0.25, -0.2) is 0 Å². The van der Waals surface area contributed by atoms with E-state index in [0.29, 0.717) is 6.04 Å². The van der Waals surface area contributed by atoms with Crippen LogP contribution in [0.2, 0.25) is 0 Å². The minimum atomic E-state index is 0.352. The number of likely N-dealkylation sites (N-methyl/N-ethyl adjacent to an activating group) is 2. The minimum absolute atomic E-state index is 0.352. The summed E-state index contributed by atoms with van der Waals surface area (Å²) in [5.74, 6) is 0. The third-order valence-corrected chi connectivity index (χ3v) is 6.17. The summed E-state index contributed by atoms with van der Waals surface area (Å²) in [6.45, 7) is 7.53. The Kier molecular flexibility index (Phi) is 3.41. The summed E-state index contributed by atoms with van der Waals surface area (Å²) < 4.78 is 2.62. The summed E-state index contributed by atoms with van der Waals surface area (Å²) in [6, 6.07) is 9.51. The van der Waals surface area contributed by atoms with Crippen LogP contribution < -0.4 is 4.90 Å². The van der Waals surface area contributed by atoms with E-state index in [1.165, 1.54) is 27.7 Å². The Bertz CT molecular complexity index is 1020. The first kappa shape index (κ1) is 15.9. The van der Waals surface area contributed by atoms with Crippen LogP contribution in [0.1, 0.15) is 34.1 Å². The third-order valence-electron chi connectivity index (χ3n) is 6.17. The highest BCUT2D eigenvalue weighted by molar-refractivity contribution is 5.97. The Morgan fingerprint density at radius 2 is 1.96 bits per heavy atom. The van der Waals surface area contributed by atoms with Gasteiger partial charge in [0.2, 0.25) is 0 Å². The van der Waals surface area contributed by atoms with Crippen molar-refractivity contribution in [3.05, 3.63) is 58.5 Å². The fraction of sp³-hybridized carbons (Fsp3) is 0.409. The number of aromatic nitrogens is 2. The molecule has 0 saturated heterocycles. The van der Waals surface area contributed by atoms with E-state index in [-0.39, 0.29) is 0 Å². The molecule has 2 aliphatic heterocycles. The van der Waals surface area contributed by atoms with Crippen molar-refractivity contribution in [2.75, 3.05) is 25.5 Å². The number of nitrogens with zero attached hydrogens (tertiary/aromatic N) is 4. The maximum atomic E-state index is 4.39. The quantitative estimate of drug-likeness (QED) is 0.669. The van der Waals surface area contributed by atoms with Gasteiger partial charge >= 0.3 is 0 Å². The van der Waals surface area contributed by atoms with E-state index in [1.54, 1.807) is 11.3 Å². The van der Waals surface area contributed by atoms with E-state index in [9.17, 15) is 0 Å². The highest BCUT2D eigenvalue weighted by Gasteiger charge is 2.32. The number of rotatable bonds is 1. The molecule has 4 nitrogen and oxygen atoms in total. The summed E-state index contributed by atoms with van der Waals surface area (Å²) in [5.41, 5.74) is 9.68. The fourth-order valence-corrected chi connectivity index (χ4v) is 4.87. The van der Waals surface area contributed by atoms with Gasteiger partial charge in [0.05, 0.1) is 17.2 Å². The highest BCUT2D eigenvalue weighted by atomic mass is 15.2. The predicted molar refractivity (Wildman–Crippen MR) is 107 cm³/mol. The van der Waals surface area contributed by atoms with E-state index in [1.807, 2.05) is 6.20 Å². The zero-order valence-corrected chi connectivity index (χ0v) is 16.1. The van der Waals surface area contributed by atoms with E-state index in [4.69, 9.17) is 0 Å². The molecular weight excluding hydrogens is 320 g/mol. The van der Waals surface area contributed by atoms with Gasteiger partial charge in [-0.2, -0.15) is 0 Å². The molecule has 0 amide bonds. The van der Waals surface area contributed by atoms with Crippen LogP contribution in [0, 0.1) is 13.8 Å². The Morgan fingerprint density at radius 3 is 2.77 bits per heavy atom. The fourth-order valence-electron chi connectivity index (χ4n) is 4.87. The predicted octanol–water partition coefficient (Wildman–Crippen LogP) is 3.83. The number of anilines is 1. The molecule has 26 heavy (non-hydrogen) atoms. The van der Waals surface area contributed by atoms with Crippen molar-refractivity contribution in [3.8, 4) is 0 Å². The number of aryl methyl sites for hydroxylation is 2. The van der Waals surface area contributed by atoms with Gasteiger partial charge in [0.15, 0.2) is 0 Å². The third kappa shape index (κ3) is 2.21. The van der Waals surface area contributed by atoms with Crippen LogP contribution in [0.25, 0.3) is 10.9 Å². The maximum absolute atomic E-state index is 4.39. The Labute approximate surface area is 155 Å². The average Bonchev–Trinajstić information content (AvgIpc) is 2.91. The van der Waals surface area contributed by atoms with Gasteiger partial charge in [0.25, 0.3) is 0 Å². The van der Waals surface area contributed by atoms with Crippen LogP contribution in [0.15, 0.2) is 30.5 Å². The molecule has 134 valence electrons. The molecule has 0 N–H and O–H groups in total. The summed E-state index contributed by atoms with van der Waals surface area (Å²) in [7, 11) is 4.48. The van der Waals surface area contributed by atoms with Crippen molar-refractivity contribution in [2.45, 2.75) is 39.4 Å². The van der Waals surface area contributed by atoms with Crippen LogP contribution in [-0.4, -0.2) is 35.1 Å². The van der Waals surface area contributed by atoms with Gasteiger partial charge in [-0.3, -0.25) is 4.98 Å². The molecule has 1 atom stereocenters. The SMILES string of the molecule is Cc1cc2c3c(c1)c1c(n3CC(c3ccnc(C)c3)N2C)CCN(C)C1. The zero-order valence-electron chi connectivity index (χ0n) is 16.1. The van der Waals surface area contributed by atoms with Gasteiger partial charge in [0, 0.05) is 56.1 Å². The Morgan fingerprint density at radius 1 is 1.12 bits per heavy atom. The molecule has 0 fully saturated rings. The van der Waals surface area contributed by atoms with Crippen molar-refractivity contribution < 1.29 is 0 Å². The second-order valence-electron chi connectivity index (χ2n) is 8.06. The smallest absolute Gasteiger partial charge is 0.0724 e. The van der Waals surface area contributed by atoms with E-state index in [2.05, 4.69) is 71.6 Å². The molecule has 2 aliphatic rings. The molecule has 4 heteroatoms. The molecule has 1 unspecified atom stereocenters. The first-order valence-corrected chi connectivity index (χ1v) is 9.51. The van der Waals surface area contributed by atoms with E-state index < -0.39 is 0 Å². The van der Waals surface area contributed by atoms with E-state index in [0.717, 1.165) is 31.7 Å². The molecule has 4 heterocycles. The lowest BCUT2D eigenvalue weighted by Gasteiger charge is -2.37. The zero-order chi connectivity index (χ0) is 18.0. The van der Waals surface area contributed by atoms with Gasteiger partial charge in [0.1, 0.15) is 0 Å².